The third-order valence-electron chi connectivity index (χ3n) is 7.27. The predicted octanol–water partition coefficient (Wildman–Crippen LogP) is 4.76. The van der Waals surface area contributed by atoms with Gasteiger partial charge < -0.3 is 39.1 Å². The highest BCUT2D eigenvalue weighted by atomic mass is 31.2. The molecule has 4 N–H and O–H groups in total. The summed E-state index contributed by atoms with van der Waals surface area (Å²) in [6.07, 6.45) is 0.494. The summed E-state index contributed by atoms with van der Waals surface area (Å²) in [4.78, 5) is 50.6. The van der Waals surface area contributed by atoms with Gasteiger partial charge in [0.25, 0.3) is 0 Å². The molecule has 0 aliphatic rings. The number of alkyl carbamates (subject to hydrolysis) is 1. The Hall–Kier alpha value is -5.05. The lowest BCUT2D eigenvalue weighted by Gasteiger charge is -2.25. The van der Waals surface area contributed by atoms with E-state index in [4.69, 9.17) is 29.2 Å². The van der Waals surface area contributed by atoms with Gasteiger partial charge in [0.2, 0.25) is 0 Å². The molecular formula is C35H46N7O9P. The van der Waals surface area contributed by atoms with Crippen LogP contribution in [0.2, 0.25) is 0 Å². The van der Waals surface area contributed by atoms with E-state index in [0.29, 0.717) is 23.3 Å². The van der Waals surface area contributed by atoms with Crippen molar-refractivity contribution in [1.82, 2.24) is 29.9 Å². The number of nitrogens with one attached hydrogen (secondary N) is 2. The van der Waals surface area contributed by atoms with Crippen LogP contribution >= 0.6 is 7.52 Å². The van der Waals surface area contributed by atoms with Crippen molar-refractivity contribution in [2.45, 2.75) is 91.5 Å². The summed E-state index contributed by atoms with van der Waals surface area (Å²) in [6.45, 7) is 10.4. The largest absolute Gasteiger partial charge is 0.462 e. The Morgan fingerprint density at radius 1 is 0.865 bits per heavy atom. The number of hydrogen-bond acceptors (Lipinski definition) is 13. The van der Waals surface area contributed by atoms with E-state index in [2.05, 4.69) is 25.4 Å². The predicted molar refractivity (Wildman–Crippen MR) is 192 cm³/mol. The van der Waals surface area contributed by atoms with Gasteiger partial charge in [-0.2, -0.15) is 0 Å². The number of aromatic nitrogens is 4. The smallest absolute Gasteiger partial charge is 0.408 e. The highest BCUT2D eigenvalue weighted by molar-refractivity contribution is 7.57. The van der Waals surface area contributed by atoms with Gasteiger partial charge >= 0.3 is 25.6 Å². The molecule has 4 aromatic rings. The molecule has 0 spiro atoms. The molecule has 0 radical (unpaired) electrons. The number of nitrogens with two attached hydrogens (primary N) is 1. The van der Waals surface area contributed by atoms with Crippen LogP contribution in [0.25, 0.3) is 11.2 Å². The van der Waals surface area contributed by atoms with Gasteiger partial charge in [-0.25, -0.2) is 29.6 Å². The zero-order valence-electron chi connectivity index (χ0n) is 30.1. The lowest BCUT2D eigenvalue weighted by molar-refractivity contribution is -0.150. The molecule has 2 aromatic heterocycles. The maximum Gasteiger partial charge on any atom is 0.408 e. The summed E-state index contributed by atoms with van der Waals surface area (Å²) < 4.78 is 43.9. The maximum atomic E-state index is 14.2. The van der Waals surface area contributed by atoms with Gasteiger partial charge in [-0.05, 0) is 64.8 Å². The zero-order valence-corrected chi connectivity index (χ0v) is 30.9. The molecule has 2 heterocycles. The summed E-state index contributed by atoms with van der Waals surface area (Å²) in [6, 6.07) is 13.5. The van der Waals surface area contributed by atoms with Gasteiger partial charge in [0.15, 0.2) is 11.5 Å². The lowest BCUT2D eigenvalue weighted by Crippen LogP contribution is -2.44. The van der Waals surface area contributed by atoms with E-state index < -0.39 is 56.2 Å². The fourth-order valence-corrected chi connectivity index (χ4v) is 6.66. The first-order chi connectivity index (χ1) is 24.7. The number of ether oxygens (including phenoxy) is 4. The second kappa shape index (κ2) is 18.4. The number of amides is 1. The highest BCUT2D eigenvalue weighted by Crippen LogP contribution is 2.44. The number of anilines is 1. The third kappa shape index (κ3) is 12.0. The first-order valence-corrected chi connectivity index (χ1v) is 18.6. The Bertz CT molecular complexity index is 1840. The SMILES string of the molecule is CC(C)OC(=O)[C@H](C)N[P@@](=O)(CO[C@H](C)Cn1cnc2c(N)ncnc21)Oc1ccc(C[C@H](NC(=O)OCc2ccccc2)C(=O)OC(C)C)cc1. The monoisotopic (exact) mass is 739 g/mol. The van der Waals surface area contributed by atoms with E-state index in [1.165, 1.54) is 13.3 Å². The second-order valence-corrected chi connectivity index (χ2v) is 14.7. The molecular weight excluding hydrogens is 693 g/mol. The molecule has 0 saturated heterocycles. The van der Waals surface area contributed by atoms with E-state index in [0.717, 1.165) is 5.56 Å². The summed E-state index contributed by atoms with van der Waals surface area (Å²) >= 11 is 0. The van der Waals surface area contributed by atoms with Gasteiger partial charge in [0.1, 0.15) is 42.6 Å². The van der Waals surface area contributed by atoms with Crippen molar-refractivity contribution in [3.05, 3.63) is 78.4 Å². The van der Waals surface area contributed by atoms with Crippen LogP contribution in [-0.4, -0.2) is 74.3 Å². The van der Waals surface area contributed by atoms with E-state index in [1.807, 2.05) is 30.3 Å². The molecule has 17 heteroatoms. The van der Waals surface area contributed by atoms with Crippen LogP contribution in [-0.2, 0) is 52.7 Å². The maximum absolute atomic E-state index is 14.2. The van der Waals surface area contributed by atoms with Crippen LogP contribution in [0.1, 0.15) is 52.7 Å². The molecule has 16 nitrogen and oxygen atoms in total. The fraction of sp³-hybridized carbons (Fsp3) is 0.429. The molecule has 0 bridgehead atoms. The topological polar surface area (TPSA) is 208 Å². The molecule has 52 heavy (non-hydrogen) atoms. The Balaban J connectivity index is 1.45. The third-order valence-corrected chi connectivity index (χ3v) is 9.04. The quantitative estimate of drug-likeness (QED) is 0.0714. The normalized spacial score (nSPS) is 14.3. The molecule has 4 rings (SSSR count). The highest BCUT2D eigenvalue weighted by Gasteiger charge is 2.32. The Kier molecular flexibility index (Phi) is 14.1. The van der Waals surface area contributed by atoms with Gasteiger partial charge in [-0.3, -0.25) is 9.36 Å². The summed E-state index contributed by atoms with van der Waals surface area (Å²) in [5, 5.41) is 5.37. The first kappa shape index (κ1) is 39.7. The van der Waals surface area contributed by atoms with Crippen molar-refractivity contribution >= 4 is 42.5 Å². The van der Waals surface area contributed by atoms with Crippen LogP contribution in [0, 0.1) is 0 Å². The number of fused-ring (bicyclic) bond motifs is 1. The van der Waals surface area contributed by atoms with Crippen LogP contribution in [0.5, 0.6) is 5.75 Å². The van der Waals surface area contributed by atoms with Crippen molar-refractivity contribution < 1.29 is 42.4 Å². The minimum Gasteiger partial charge on any atom is -0.462 e. The number of rotatable bonds is 18. The van der Waals surface area contributed by atoms with Gasteiger partial charge in [0.05, 0.1) is 31.2 Å². The minimum atomic E-state index is -3.91. The minimum absolute atomic E-state index is 0.0273. The number of nitrogen functional groups attached to an aromatic ring is 1. The summed E-state index contributed by atoms with van der Waals surface area (Å²) in [5.41, 5.74) is 8.30. The molecule has 0 unspecified atom stereocenters. The fourth-order valence-electron chi connectivity index (χ4n) is 4.87. The van der Waals surface area contributed by atoms with E-state index in [1.54, 1.807) is 69.8 Å². The van der Waals surface area contributed by atoms with Gasteiger partial charge in [-0.15, -0.1) is 0 Å². The van der Waals surface area contributed by atoms with Crippen LogP contribution in [0.3, 0.4) is 0 Å². The molecule has 280 valence electrons. The average Bonchev–Trinajstić information content (AvgIpc) is 3.50. The summed E-state index contributed by atoms with van der Waals surface area (Å²) in [5.74, 6) is -0.798. The van der Waals surface area contributed by atoms with Crippen LogP contribution < -0.4 is 20.7 Å². The summed E-state index contributed by atoms with van der Waals surface area (Å²) in [7, 11) is -3.91. The van der Waals surface area contributed by atoms with Crippen LogP contribution in [0.15, 0.2) is 67.3 Å². The van der Waals surface area contributed by atoms with Crippen molar-refractivity contribution in [3.8, 4) is 5.75 Å². The van der Waals surface area contributed by atoms with E-state index in [9.17, 15) is 18.9 Å². The van der Waals surface area contributed by atoms with Crippen molar-refractivity contribution in [1.29, 1.82) is 0 Å². The number of carbonyl (C=O) groups excluding carboxylic acids is 3. The van der Waals surface area contributed by atoms with Crippen molar-refractivity contribution in [3.63, 3.8) is 0 Å². The number of imidazole rings is 1. The zero-order chi connectivity index (χ0) is 37.8. The Morgan fingerprint density at radius 2 is 1.54 bits per heavy atom. The molecule has 0 aliphatic heterocycles. The number of nitrogens with zero attached hydrogens (tertiary/aromatic N) is 4. The first-order valence-electron chi connectivity index (χ1n) is 16.8. The Labute approximate surface area is 302 Å². The second-order valence-electron chi connectivity index (χ2n) is 12.6. The molecule has 0 fully saturated rings. The van der Waals surface area contributed by atoms with Gasteiger partial charge in [-0.1, -0.05) is 42.5 Å². The van der Waals surface area contributed by atoms with E-state index in [-0.39, 0.29) is 30.7 Å². The standard InChI is InChI=1S/C35H46N7O9P/c1-22(2)49-33(43)25(6)41-52(46,21-48-24(5)17-42-20-39-30-31(36)37-19-38-32(30)42)51-28-14-12-26(13-15-28)16-29(34(44)50-23(3)4)40-35(45)47-18-27-10-8-7-9-11-27/h7-15,19-20,22-25,29H,16-18,21H2,1-6H3,(H,40,45)(H,41,46)(H2,36,37,38)/t24-,25+,29+,52-/m1/s1. The number of benzene rings is 2. The molecule has 0 saturated carbocycles. The number of carbonyl (C=O) groups is 3. The molecule has 0 aliphatic carbocycles. The van der Waals surface area contributed by atoms with Crippen molar-refractivity contribution in [2.75, 3.05) is 12.1 Å². The average molecular weight is 740 g/mol. The number of hydrogen-bond donors (Lipinski definition) is 3. The lowest BCUT2D eigenvalue weighted by atomic mass is 10.1. The molecule has 4 atom stereocenters. The Morgan fingerprint density at radius 3 is 2.21 bits per heavy atom. The van der Waals surface area contributed by atoms with Crippen molar-refractivity contribution in [2.24, 2.45) is 0 Å². The van der Waals surface area contributed by atoms with Gasteiger partial charge in [0, 0.05) is 6.42 Å². The van der Waals surface area contributed by atoms with E-state index >= 15 is 0 Å². The number of esters is 2. The molecule has 1 amide bonds. The molecule has 2 aromatic carbocycles. The van der Waals surface area contributed by atoms with Crippen LogP contribution in [0.4, 0.5) is 10.6 Å².